The fourth-order valence-corrected chi connectivity index (χ4v) is 2.46. The van der Waals surface area contributed by atoms with E-state index in [4.69, 9.17) is 14.7 Å². The molecule has 0 fully saturated rings. The van der Waals surface area contributed by atoms with E-state index in [1.54, 1.807) is 44.6 Å². The first-order chi connectivity index (χ1) is 11.6. The SMILES string of the molecule is COc1ccc(OC)c(C(O)CNC(C)c2ccc(C#N)cc2)c1. The van der Waals surface area contributed by atoms with Crippen molar-refractivity contribution in [3.05, 3.63) is 59.2 Å². The summed E-state index contributed by atoms with van der Waals surface area (Å²) in [4.78, 5) is 0. The zero-order chi connectivity index (χ0) is 17.5. The summed E-state index contributed by atoms with van der Waals surface area (Å²) in [6.45, 7) is 2.38. The van der Waals surface area contributed by atoms with Crippen LogP contribution in [0.3, 0.4) is 0 Å². The fraction of sp³-hybridized carbons (Fsp3) is 0.316. The first kappa shape index (κ1) is 17.8. The monoisotopic (exact) mass is 326 g/mol. The molecule has 0 radical (unpaired) electrons. The van der Waals surface area contributed by atoms with Crippen LogP contribution in [0.4, 0.5) is 0 Å². The number of methoxy groups -OCH3 is 2. The van der Waals surface area contributed by atoms with Gasteiger partial charge in [0.2, 0.25) is 0 Å². The first-order valence-corrected chi connectivity index (χ1v) is 7.72. The van der Waals surface area contributed by atoms with Gasteiger partial charge in [0, 0.05) is 18.2 Å². The van der Waals surface area contributed by atoms with Crippen LogP contribution in [0.5, 0.6) is 11.5 Å². The number of aliphatic hydroxyl groups is 1. The number of rotatable bonds is 7. The number of nitriles is 1. The second kappa shape index (κ2) is 8.34. The van der Waals surface area contributed by atoms with Crippen molar-refractivity contribution in [2.45, 2.75) is 19.1 Å². The van der Waals surface area contributed by atoms with Crippen LogP contribution in [0, 0.1) is 11.3 Å². The van der Waals surface area contributed by atoms with Gasteiger partial charge >= 0.3 is 0 Å². The van der Waals surface area contributed by atoms with Crippen LogP contribution >= 0.6 is 0 Å². The van der Waals surface area contributed by atoms with Crippen molar-refractivity contribution >= 4 is 0 Å². The van der Waals surface area contributed by atoms with Crippen molar-refractivity contribution in [2.24, 2.45) is 0 Å². The summed E-state index contributed by atoms with van der Waals surface area (Å²) in [5.74, 6) is 1.29. The highest BCUT2D eigenvalue weighted by atomic mass is 16.5. The predicted molar refractivity (Wildman–Crippen MR) is 92.1 cm³/mol. The van der Waals surface area contributed by atoms with Crippen LogP contribution in [-0.2, 0) is 0 Å². The second-order valence-corrected chi connectivity index (χ2v) is 5.49. The Bertz CT molecular complexity index is 708. The van der Waals surface area contributed by atoms with Gasteiger partial charge in [-0.1, -0.05) is 12.1 Å². The molecule has 2 N–H and O–H groups in total. The summed E-state index contributed by atoms with van der Waals surface area (Å²) in [7, 11) is 3.16. The standard InChI is InChI=1S/C19H22N2O3/c1-13(15-6-4-14(11-20)5-7-15)21-12-18(22)17-10-16(23-2)8-9-19(17)24-3/h4-10,13,18,21-22H,12H2,1-3H3. The number of benzene rings is 2. The predicted octanol–water partition coefficient (Wildman–Crippen LogP) is 2.96. The minimum Gasteiger partial charge on any atom is -0.497 e. The van der Waals surface area contributed by atoms with Crippen LogP contribution in [0.1, 0.15) is 35.8 Å². The van der Waals surface area contributed by atoms with Gasteiger partial charge in [0.25, 0.3) is 0 Å². The molecule has 24 heavy (non-hydrogen) atoms. The van der Waals surface area contributed by atoms with Gasteiger partial charge in [-0.3, -0.25) is 0 Å². The maximum atomic E-state index is 10.5. The maximum absolute atomic E-state index is 10.5. The third kappa shape index (κ3) is 4.25. The molecule has 0 aliphatic rings. The molecule has 0 saturated carbocycles. The van der Waals surface area contributed by atoms with Crippen molar-refractivity contribution in [3.8, 4) is 17.6 Å². The van der Waals surface area contributed by atoms with Gasteiger partial charge in [-0.2, -0.15) is 5.26 Å². The van der Waals surface area contributed by atoms with Gasteiger partial charge in [-0.05, 0) is 42.8 Å². The van der Waals surface area contributed by atoms with Crippen LogP contribution in [0.25, 0.3) is 0 Å². The van der Waals surface area contributed by atoms with Crippen LogP contribution in [-0.4, -0.2) is 25.9 Å². The van der Waals surface area contributed by atoms with Crippen LogP contribution in [0.15, 0.2) is 42.5 Å². The van der Waals surface area contributed by atoms with E-state index in [0.717, 1.165) is 5.56 Å². The Balaban J connectivity index is 2.04. The molecule has 0 bridgehead atoms. The van der Waals surface area contributed by atoms with Crippen molar-refractivity contribution in [3.63, 3.8) is 0 Å². The average Bonchev–Trinajstić information content (AvgIpc) is 2.65. The molecule has 0 aliphatic heterocycles. The van der Waals surface area contributed by atoms with Gasteiger partial charge < -0.3 is 19.9 Å². The van der Waals surface area contributed by atoms with Gasteiger partial charge in [-0.25, -0.2) is 0 Å². The molecule has 0 aromatic heterocycles. The minimum atomic E-state index is -0.726. The van der Waals surface area contributed by atoms with Crippen molar-refractivity contribution in [2.75, 3.05) is 20.8 Å². The fourth-order valence-electron chi connectivity index (χ4n) is 2.46. The highest BCUT2D eigenvalue weighted by molar-refractivity contribution is 5.41. The minimum absolute atomic E-state index is 0.0454. The lowest BCUT2D eigenvalue weighted by atomic mass is 10.0. The lowest BCUT2D eigenvalue weighted by molar-refractivity contribution is 0.166. The summed E-state index contributed by atoms with van der Waals surface area (Å²) < 4.78 is 10.5. The Morgan fingerprint density at radius 3 is 2.42 bits per heavy atom. The quantitative estimate of drug-likeness (QED) is 0.818. The van der Waals surface area contributed by atoms with E-state index in [9.17, 15) is 5.11 Å². The molecule has 0 saturated heterocycles. The van der Waals surface area contributed by atoms with Gasteiger partial charge in [0.05, 0.1) is 32.0 Å². The molecular weight excluding hydrogens is 304 g/mol. The molecule has 0 amide bonds. The molecule has 5 nitrogen and oxygen atoms in total. The summed E-state index contributed by atoms with van der Waals surface area (Å²) in [5, 5.41) is 22.6. The smallest absolute Gasteiger partial charge is 0.124 e. The zero-order valence-corrected chi connectivity index (χ0v) is 14.1. The molecular formula is C19H22N2O3. The summed E-state index contributed by atoms with van der Waals surface area (Å²) in [6, 6.07) is 14.9. The Morgan fingerprint density at radius 1 is 1.12 bits per heavy atom. The van der Waals surface area contributed by atoms with Gasteiger partial charge in [0.15, 0.2) is 0 Å². The summed E-state index contributed by atoms with van der Waals surface area (Å²) >= 11 is 0. The van der Waals surface area contributed by atoms with Crippen molar-refractivity contribution < 1.29 is 14.6 Å². The van der Waals surface area contributed by atoms with E-state index in [0.29, 0.717) is 29.2 Å². The van der Waals surface area contributed by atoms with Crippen LogP contribution < -0.4 is 14.8 Å². The molecule has 126 valence electrons. The molecule has 2 unspecified atom stereocenters. The lowest BCUT2D eigenvalue weighted by Gasteiger charge is -2.20. The Kier molecular flexibility index (Phi) is 6.19. The van der Waals surface area contributed by atoms with Gasteiger partial charge in [-0.15, -0.1) is 0 Å². The third-order valence-electron chi connectivity index (χ3n) is 3.95. The lowest BCUT2D eigenvalue weighted by Crippen LogP contribution is -2.25. The molecule has 2 aromatic carbocycles. The van der Waals surface area contributed by atoms with E-state index in [2.05, 4.69) is 11.4 Å². The first-order valence-electron chi connectivity index (χ1n) is 7.72. The number of hydrogen-bond acceptors (Lipinski definition) is 5. The second-order valence-electron chi connectivity index (χ2n) is 5.49. The number of nitrogens with one attached hydrogen (secondary N) is 1. The molecule has 2 atom stereocenters. The third-order valence-corrected chi connectivity index (χ3v) is 3.95. The number of ether oxygens (including phenoxy) is 2. The van der Waals surface area contributed by atoms with E-state index in [-0.39, 0.29) is 6.04 Å². The molecule has 2 aromatic rings. The molecule has 0 spiro atoms. The maximum Gasteiger partial charge on any atom is 0.124 e. The number of nitrogens with zero attached hydrogens (tertiary/aromatic N) is 1. The van der Waals surface area contributed by atoms with Crippen LogP contribution in [0.2, 0.25) is 0 Å². The van der Waals surface area contributed by atoms with Gasteiger partial charge in [0.1, 0.15) is 11.5 Å². The molecule has 0 aliphatic carbocycles. The highest BCUT2D eigenvalue weighted by Crippen LogP contribution is 2.29. The number of aliphatic hydroxyl groups excluding tert-OH is 1. The molecule has 0 heterocycles. The van der Waals surface area contributed by atoms with E-state index < -0.39 is 6.10 Å². The highest BCUT2D eigenvalue weighted by Gasteiger charge is 2.16. The topological polar surface area (TPSA) is 74.5 Å². The Morgan fingerprint density at radius 2 is 1.83 bits per heavy atom. The molecule has 2 rings (SSSR count). The number of hydrogen-bond donors (Lipinski definition) is 2. The Hall–Kier alpha value is -2.55. The van der Waals surface area contributed by atoms with Crippen molar-refractivity contribution in [1.82, 2.24) is 5.32 Å². The largest absolute Gasteiger partial charge is 0.497 e. The van der Waals surface area contributed by atoms with Crippen molar-refractivity contribution in [1.29, 1.82) is 5.26 Å². The summed E-state index contributed by atoms with van der Waals surface area (Å²) in [6.07, 6.45) is -0.726. The zero-order valence-electron chi connectivity index (χ0n) is 14.1. The van der Waals surface area contributed by atoms with E-state index in [1.807, 2.05) is 19.1 Å². The molecule has 5 heteroatoms. The normalized spacial score (nSPS) is 13.0. The summed E-state index contributed by atoms with van der Waals surface area (Å²) in [5.41, 5.74) is 2.36. The Labute approximate surface area is 142 Å². The van der Waals surface area contributed by atoms with E-state index in [1.165, 1.54) is 0 Å². The van der Waals surface area contributed by atoms with E-state index >= 15 is 0 Å². The average molecular weight is 326 g/mol.